The Bertz CT molecular complexity index is 375. The summed E-state index contributed by atoms with van der Waals surface area (Å²) >= 11 is 5.56. The molecule has 0 aliphatic heterocycles. The number of hydrogen-bond acceptors (Lipinski definition) is 1. The molecule has 1 aliphatic rings. The molecule has 2 rings (SSSR count). The van der Waals surface area contributed by atoms with Crippen LogP contribution < -0.4 is 0 Å². The fourth-order valence-electron chi connectivity index (χ4n) is 1.67. The maximum Gasteiger partial charge on any atom is 0.238 e. The first-order valence-corrected chi connectivity index (χ1v) is 5.84. The molecule has 2 nitrogen and oxygen atoms in total. The topological polar surface area (TPSA) is 20.3 Å². The fraction of sp³-hybridized carbons (Fsp3) is 0.417. The maximum absolute atomic E-state index is 12.7. The molecule has 1 aromatic rings. The van der Waals surface area contributed by atoms with Gasteiger partial charge >= 0.3 is 0 Å². The van der Waals surface area contributed by atoms with Gasteiger partial charge in [-0.1, -0.05) is 12.1 Å². The summed E-state index contributed by atoms with van der Waals surface area (Å²) < 4.78 is 12.7. The first-order chi connectivity index (χ1) is 7.70. The summed E-state index contributed by atoms with van der Waals surface area (Å²) in [5, 5.41) is 0. The lowest BCUT2D eigenvalue weighted by atomic mass is 10.2. The Labute approximate surface area is 99.0 Å². The van der Waals surface area contributed by atoms with Crippen LogP contribution in [0.15, 0.2) is 24.3 Å². The molecule has 1 aromatic carbocycles. The van der Waals surface area contributed by atoms with Crippen LogP contribution in [0.4, 0.5) is 4.39 Å². The van der Waals surface area contributed by atoms with Gasteiger partial charge in [-0.25, -0.2) is 4.39 Å². The lowest BCUT2D eigenvalue weighted by Gasteiger charge is -2.21. The van der Waals surface area contributed by atoms with Crippen molar-refractivity contribution in [1.82, 2.24) is 4.90 Å². The van der Waals surface area contributed by atoms with Crippen LogP contribution in [0.1, 0.15) is 18.4 Å². The molecule has 16 heavy (non-hydrogen) atoms. The smallest absolute Gasteiger partial charge is 0.238 e. The van der Waals surface area contributed by atoms with Crippen LogP contribution >= 0.6 is 11.6 Å². The van der Waals surface area contributed by atoms with Crippen molar-refractivity contribution in [3.8, 4) is 0 Å². The van der Waals surface area contributed by atoms with Crippen molar-refractivity contribution in [2.24, 2.45) is 0 Å². The molecular weight excluding hydrogens is 229 g/mol. The quantitative estimate of drug-likeness (QED) is 0.742. The summed E-state index contributed by atoms with van der Waals surface area (Å²) in [7, 11) is 0. The SMILES string of the molecule is O=C(CCl)N(Cc1ccc(F)cc1)C1CC1. The number of carbonyl (C=O) groups is 1. The van der Waals surface area contributed by atoms with Crippen LogP contribution in [-0.2, 0) is 11.3 Å². The monoisotopic (exact) mass is 241 g/mol. The number of hydrogen-bond donors (Lipinski definition) is 0. The number of halogens is 2. The zero-order valence-electron chi connectivity index (χ0n) is 8.83. The number of carbonyl (C=O) groups excluding carboxylic acids is 1. The molecule has 0 saturated heterocycles. The summed E-state index contributed by atoms with van der Waals surface area (Å²) in [4.78, 5) is 13.4. The second-order valence-corrected chi connectivity index (χ2v) is 4.28. The van der Waals surface area contributed by atoms with Crippen molar-refractivity contribution in [3.05, 3.63) is 35.6 Å². The average molecular weight is 242 g/mol. The zero-order chi connectivity index (χ0) is 11.5. The van der Waals surface area contributed by atoms with E-state index in [1.165, 1.54) is 12.1 Å². The summed E-state index contributed by atoms with van der Waals surface area (Å²) in [6.07, 6.45) is 2.09. The summed E-state index contributed by atoms with van der Waals surface area (Å²) in [6.45, 7) is 0.524. The molecule has 0 atom stereocenters. The first kappa shape index (κ1) is 11.4. The van der Waals surface area contributed by atoms with Gasteiger partial charge in [0.25, 0.3) is 0 Å². The Kier molecular flexibility index (Phi) is 3.44. The van der Waals surface area contributed by atoms with Crippen molar-refractivity contribution >= 4 is 17.5 Å². The molecule has 0 unspecified atom stereocenters. The van der Waals surface area contributed by atoms with Crippen molar-refractivity contribution in [3.63, 3.8) is 0 Å². The molecule has 0 heterocycles. The third kappa shape index (κ3) is 2.73. The summed E-state index contributed by atoms with van der Waals surface area (Å²) in [5.74, 6) is -0.295. The van der Waals surface area contributed by atoms with Crippen molar-refractivity contribution in [2.75, 3.05) is 5.88 Å². The minimum atomic E-state index is -0.259. The summed E-state index contributed by atoms with van der Waals surface area (Å²) in [6, 6.07) is 6.55. The Morgan fingerprint density at radius 1 is 1.38 bits per heavy atom. The predicted octanol–water partition coefficient (Wildman–Crippen LogP) is 2.56. The van der Waals surface area contributed by atoms with Gasteiger partial charge in [-0.15, -0.1) is 11.6 Å². The maximum atomic E-state index is 12.7. The van der Waals surface area contributed by atoms with E-state index in [4.69, 9.17) is 11.6 Å². The van der Waals surface area contributed by atoms with Crippen molar-refractivity contribution in [1.29, 1.82) is 0 Å². The molecule has 4 heteroatoms. The largest absolute Gasteiger partial charge is 0.334 e. The van der Waals surface area contributed by atoms with E-state index in [0.29, 0.717) is 12.6 Å². The standard InChI is InChI=1S/C12H13ClFNO/c13-7-12(16)15(11-5-6-11)8-9-1-3-10(14)4-2-9/h1-4,11H,5-8H2. The van der Waals surface area contributed by atoms with E-state index in [-0.39, 0.29) is 17.6 Å². The molecule has 1 fully saturated rings. The van der Waals surface area contributed by atoms with Gasteiger partial charge in [0, 0.05) is 12.6 Å². The molecule has 0 bridgehead atoms. The van der Waals surface area contributed by atoms with E-state index in [0.717, 1.165) is 18.4 Å². The average Bonchev–Trinajstić information content (AvgIpc) is 3.11. The second-order valence-electron chi connectivity index (χ2n) is 4.01. The molecule has 1 saturated carbocycles. The normalized spacial score (nSPS) is 14.9. The van der Waals surface area contributed by atoms with Crippen molar-refractivity contribution in [2.45, 2.75) is 25.4 Å². The lowest BCUT2D eigenvalue weighted by Crippen LogP contribution is -2.33. The Morgan fingerprint density at radius 3 is 2.50 bits per heavy atom. The van der Waals surface area contributed by atoms with Gasteiger partial charge in [-0.3, -0.25) is 4.79 Å². The van der Waals surface area contributed by atoms with Crippen LogP contribution in [0, 0.1) is 5.82 Å². The lowest BCUT2D eigenvalue weighted by molar-refractivity contribution is -0.129. The molecule has 86 valence electrons. The fourth-order valence-corrected chi connectivity index (χ4v) is 1.82. The highest BCUT2D eigenvalue weighted by molar-refractivity contribution is 6.27. The molecular formula is C12H13ClFNO. The predicted molar refractivity (Wildman–Crippen MR) is 60.7 cm³/mol. The molecule has 1 aliphatic carbocycles. The van der Waals surface area contributed by atoms with Gasteiger partial charge < -0.3 is 4.90 Å². The van der Waals surface area contributed by atoms with E-state index in [9.17, 15) is 9.18 Å². The third-order valence-corrected chi connectivity index (χ3v) is 2.92. The van der Waals surface area contributed by atoms with E-state index in [1.807, 2.05) is 0 Å². The van der Waals surface area contributed by atoms with Gasteiger partial charge in [0.15, 0.2) is 0 Å². The number of alkyl halides is 1. The van der Waals surface area contributed by atoms with E-state index in [2.05, 4.69) is 0 Å². The zero-order valence-corrected chi connectivity index (χ0v) is 9.58. The van der Waals surface area contributed by atoms with Gasteiger partial charge in [0.1, 0.15) is 11.7 Å². The van der Waals surface area contributed by atoms with E-state index >= 15 is 0 Å². The number of amides is 1. The second kappa shape index (κ2) is 4.83. The van der Waals surface area contributed by atoms with Gasteiger partial charge in [-0.05, 0) is 30.5 Å². The van der Waals surface area contributed by atoms with E-state index < -0.39 is 0 Å². The van der Waals surface area contributed by atoms with Gasteiger partial charge in [-0.2, -0.15) is 0 Å². The Hall–Kier alpha value is -1.09. The Morgan fingerprint density at radius 2 is 2.00 bits per heavy atom. The van der Waals surface area contributed by atoms with Crippen LogP contribution in [0.25, 0.3) is 0 Å². The summed E-state index contributed by atoms with van der Waals surface area (Å²) in [5.41, 5.74) is 0.937. The first-order valence-electron chi connectivity index (χ1n) is 5.30. The third-order valence-electron chi connectivity index (χ3n) is 2.69. The number of nitrogens with zero attached hydrogens (tertiary/aromatic N) is 1. The molecule has 1 amide bonds. The molecule has 0 radical (unpaired) electrons. The van der Waals surface area contributed by atoms with Crippen LogP contribution in [0.5, 0.6) is 0 Å². The van der Waals surface area contributed by atoms with Crippen LogP contribution in [0.2, 0.25) is 0 Å². The van der Waals surface area contributed by atoms with E-state index in [1.54, 1.807) is 17.0 Å². The minimum Gasteiger partial charge on any atom is -0.334 e. The van der Waals surface area contributed by atoms with Crippen LogP contribution in [-0.4, -0.2) is 22.7 Å². The van der Waals surface area contributed by atoms with Crippen LogP contribution in [0.3, 0.4) is 0 Å². The van der Waals surface area contributed by atoms with Gasteiger partial charge in [0.2, 0.25) is 5.91 Å². The highest BCUT2D eigenvalue weighted by atomic mass is 35.5. The molecule has 0 aromatic heterocycles. The number of benzene rings is 1. The van der Waals surface area contributed by atoms with Crippen molar-refractivity contribution < 1.29 is 9.18 Å². The highest BCUT2D eigenvalue weighted by Gasteiger charge is 2.31. The minimum absolute atomic E-state index is 0.0116. The molecule has 0 spiro atoms. The van der Waals surface area contributed by atoms with Gasteiger partial charge in [0.05, 0.1) is 0 Å². The Balaban J connectivity index is 2.05. The number of rotatable bonds is 4. The molecule has 0 N–H and O–H groups in total. The highest BCUT2D eigenvalue weighted by Crippen LogP contribution is 2.28.